The Morgan fingerprint density at radius 2 is 2.06 bits per heavy atom. The highest BCUT2D eigenvalue weighted by atomic mass is 16.5. The topological polar surface area (TPSA) is 42.4 Å². The number of nitrogens with zero attached hydrogens (tertiary/aromatic N) is 1. The molecule has 2 rings (SSSR count). The molecule has 0 atom stereocenters. The third-order valence-electron chi connectivity index (χ3n) is 2.47. The van der Waals surface area contributed by atoms with E-state index < -0.39 is 0 Å². The minimum Gasteiger partial charge on any atom is -0.488 e. The number of aliphatic hydroxyl groups excluding tert-OH is 1. The quantitative estimate of drug-likeness (QED) is 0.875. The van der Waals surface area contributed by atoms with Gasteiger partial charge in [-0.1, -0.05) is 18.2 Å². The molecule has 2 aromatic rings. The Morgan fingerprint density at radius 1 is 1.24 bits per heavy atom. The van der Waals surface area contributed by atoms with E-state index in [2.05, 4.69) is 4.98 Å². The maximum atomic E-state index is 9.17. The number of para-hydroxylation sites is 1. The summed E-state index contributed by atoms with van der Waals surface area (Å²) < 4.78 is 5.67. The van der Waals surface area contributed by atoms with Crippen molar-refractivity contribution in [3.63, 3.8) is 0 Å². The van der Waals surface area contributed by atoms with Gasteiger partial charge in [0.1, 0.15) is 12.4 Å². The number of pyridine rings is 1. The van der Waals surface area contributed by atoms with E-state index in [4.69, 9.17) is 9.84 Å². The third-order valence-corrected chi connectivity index (χ3v) is 2.47. The van der Waals surface area contributed by atoms with Crippen LogP contribution in [0.2, 0.25) is 0 Å². The molecule has 88 valence electrons. The van der Waals surface area contributed by atoms with E-state index in [1.807, 2.05) is 43.5 Å². The van der Waals surface area contributed by atoms with Crippen LogP contribution in [0.15, 0.2) is 42.7 Å². The van der Waals surface area contributed by atoms with Crippen molar-refractivity contribution >= 4 is 0 Å². The lowest BCUT2D eigenvalue weighted by Gasteiger charge is -2.09. The second kappa shape index (κ2) is 5.46. The molecule has 0 aliphatic heterocycles. The molecular formula is C14H15NO2. The molecule has 1 heterocycles. The minimum absolute atomic E-state index is 0.0117. The lowest BCUT2D eigenvalue weighted by Crippen LogP contribution is -1.99. The molecule has 0 amide bonds. The molecule has 0 bridgehead atoms. The largest absolute Gasteiger partial charge is 0.488 e. The predicted molar refractivity (Wildman–Crippen MR) is 65.7 cm³/mol. The standard InChI is InChI=1S/C14H15NO2/c1-11-6-12(8-15-7-11)10-17-14-5-3-2-4-13(14)9-16/h2-8,16H,9-10H2,1H3. The first-order valence-electron chi connectivity index (χ1n) is 5.51. The molecule has 1 aromatic carbocycles. The van der Waals surface area contributed by atoms with Gasteiger partial charge in [-0.3, -0.25) is 4.98 Å². The fourth-order valence-corrected chi connectivity index (χ4v) is 1.63. The summed E-state index contributed by atoms with van der Waals surface area (Å²) in [5.74, 6) is 0.719. The van der Waals surface area contributed by atoms with Gasteiger partial charge in [0.2, 0.25) is 0 Å². The summed E-state index contributed by atoms with van der Waals surface area (Å²) >= 11 is 0. The average molecular weight is 229 g/mol. The van der Waals surface area contributed by atoms with Gasteiger partial charge in [-0.15, -0.1) is 0 Å². The number of aliphatic hydroxyl groups is 1. The first-order valence-corrected chi connectivity index (χ1v) is 5.51. The molecule has 0 fully saturated rings. The number of aromatic nitrogens is 1. The fourth-order valence-electron chi connectivity index (χ4n) is 1.63. The van der Waals surface area contributed by atoms with Crippen LogP contribution in [0.4, 0.5) is 0 Å². The highest BCUT2D eigenvalue weighted by Gasteiger charge is 2.02. The van der Waals surface area contributed by atoms with E-state index in [0.717, 1.165) is 22.4 Å². The van der Waals surface area contributed by atoms with Gasteiger partial charge in [-0.05, 0) is 24.6 Å². The van der Waals surface area contributed by atoms with Gasteiger partial charge >= 0.3 is 0 Å². The van der Waals surface area contributed by atoms with Gasteiger partial charge in [-0.25, -0.2) is 0 Å². The Kier molecular flexibility index (Phi) is 3.73. The number of benzene rings is 1. The summed E-state index contributed by atoms with van der Waals surface area (Å²) in [6.07, 6.45) is 3.60. The molecule has 0 spiro atoms. The third kappa shape index (κ3) is 3.04. The Labute approximate surface area is 101 Å². The number of ether oxygens (including phenoxy) is 1. The zero-order valence-electron chi connectivity index (χ0n) is 9.76. The van der Waals surface area contributed by atoms with E-state index in [-0.39, 0.29) is 6.61 Å². The molecular weight excluding hydrogens is 214 g/mol. The van der Waals surface area contributed by atoms with Crippen LogP contribution in [-0.4, -0.2) is 10.1 Å². The van der Waals surface area contributed by atoms with Crippen molar-refractivity contribution in [2.75, 3.05) is 0 Å². The zero-order chi connectivity index (χ0) is 12.1. The van der Waals surface area contributed by atoms with Crippen molar-refractivity contribution in [1.82, 2.24) is 4.98 Å². The van der Waals surface area contributed by atoms with Crippen molar-refractivity contribution in [2.45, 2.75) is 20.1 Å². The van der Waals surface area contributed by atoms with Crippen LogP contribution in [-0.2, 0) is 13.2 Å². The first kappa shape index (κ1) is 11.6. The summed E-state index contributed by atoms with van der Waals surface area (Å²) in [7, 11) is 0. The molecule has 1 aromatic heterocycles. The smallest absolute Gasteiger partial charge is 0.125 e. The highest BCUT2D eigenvalue weighted by Crippen LogP contribution is 2.19. The maximum absolute atomic E-state index is 9.17. The minimum atomic E-state index is -0.0117. The molecule has 0 aliphatic carbocycles. The van der Waals surface area contributed by atoms with Crippen LogP contribution in [0, 0.1) is 6.92 Å². The van der Waals surface area contributed by atoms with Crippen LogP contribution < -0.4 is 4.74 Å². The van der Waals surface area contributed by atoms with E-state index in [1.54, 1.807) is 6.20 Å². The van der Waals surface area contributed by atoms with Gasteiger partial charge in [0.15, 0.2) is 0 Å². The summed E-state index contributed by atoms with van der Waals surface area (Å²) in [5.41, 5.74) is 2.94. The van der Waals surface area contributed by atoms with Crippen molar-refractivity contribution in [1.29, 1.82) is 0 Å². The molecule has 0 radical (unpaired) electrons. The van der Waals surface area contributed by atoms with Crippen LogP contribution >= 0.6 is 0 Å². The van der Waals surface area contributed by atoms with Crippen molar-refractivity contribution in [3.05, 3.63) is 59.4 Å². The van der Waals surface area contributed by atoms with Crippen LogP contribution in [0.25, 0.3) is 0 Å². The normalized spacial score (nSPS) is 10.2. The van der Waals surface area contributed by atoms with Gasteiger partial charge in [0.25, 0.3) is 0 Å². The number of rotatable bonds is 4. The molecule has 0 saturated heterocycles. The molecule has 0 unspecified atom stereocenters. The van der Waals surface area contributed by atoms with E-state index in [0.29, 0.717) is 6.61 Å². The summed E-state index contributed by atoms with van der Waals surface area (Å²) in [4.78, 5) is 4.11. The van der Waals surface area contributed by atoms with E-state index >= 15 is 0 Å². The molecule has 0 aliphatic rings. The highest BCUT2D eigenvalue weighted by molar-refractivity contribution is 5.32. The number of hydrogen-bond donors (Lipinski definition) is 1. The summed E-state index contributed by atoms with van der Waals surface area (Å²) in [6.45, 7) is 2.45. The van der Waals surface area contributed by atoms with Crippen LogP contribution in [0.5, 0.6) is 5.75 Å². The van der Waals surface area contributed by atoms with Gasteiger partial charge in [0, 0.05) is 23.5 Å². The molecule has 3 nitrogen and oxygen atoms in total. The Balaban J connectivity index is 2.07. The molecule has 17 heavy (non-hydrogen) atoms. The molecule has 0 saturated carbocycles. The number of hydrogen-bond acceptors (Lipinski definition) is 3. The van der Waals surface area contributed by atoms with Gasteiger partial charge in [-0.2, -0.15) is 0 Å². The van der Waals surface area contributed by atoms with Gasteiger partial charge < -0.3 is 9.84 Å². The average Bonchev–Trinajstić information content (AvgIpc) is 2.37. The monoisotopic (exact) mass is 229 g/mol. The second-order valence-electron chi connectivity index (χ2n) is 3.93. The van der Waals surface area contributed by atoms with Crippen LogP contribution in [0.3, 0.4) is 0 Å². The lowest BCUT2D eigenvalue weighted by molar-refractivity contribution is 0.259. The molecule has 3 heteroatoms. The van der Waals surface area contributed by atoms with E-state index in [9.17, 15) is 0 Å². The van der Waals surface area contributed by atoms with Crippen molar-refractivity contribution in [2.24, 2.45) is 0 Å². The maximum Gasteiger partial charge on any atom is 0.125 e. The second-order valence-corrected chi connectivity index (χ2v) is 3.93. The Hall–Kier alpha value is -1.87. The van der Waals surface area contributed by atoms with Crippen molar-refractivity contribution < 1.29 is 9.84 Å². The predicted octanol–water partition coefficient (Wildman–Crippen LogP) is 2.46. The molecule has 1 N–H and O–H groups in total. The Bertz CT molecular complexity index is 497. The first-order chi connectivity index (χ1) is 8.29. The van der Waals surface area contributed by atoms with Gasteiger partial charge in [0.05, 0.1) is 6.61 Å². The summed E-state index contributed by atoms with van der Waals surface area (Å²) in [5, 5.41) is 9.17. The fraction of sp³-hybridized carbons (Fsp3) is 0.214. The lowest BCUT2D eigenvalue weighted by atomic mass is 10.2. The van der Waals surface area contributed by atoms with Crippen molar-refractivity contribution in [3.8, 4) is 5.75 Å². The SMILES string of the molecule is Cc1cncc(COc2ccccc2CO)c1. The zero-order valence-corrected chi connectivity index (χ0v) is 9.76. The summed E-state index contributed by atoms with van der Waals surface area (Å²) in [6, 6.07) is 9.52. The Morgan fingerprint density at radius 3 is 2.82 bits per heavy atom. The number of aryl methyl sites for hydroxylation is 1. The van der Waals surface area contributed by atoms with Crippen LogP contribution in [0.1, 0.15) is 16.7 Å². The van der Waals surface area contributed by atoms with E-state index in [1.165, 1.54) is 0 Å².